The maximum Gasteiger partial charge on any atom is 0.0536 e. The topological polar surface area (TPSA) is 78.1 Å². The van der Waals surface area contributed by atoms with Gasteiger partial charge < -0.3 is 17.2 Å². The molecule has 0 saturated carbocycles. The van der Waals surface area contributed by atoms with Crippen molar-refractivity contribution in [3.05, 3.63) is 41.5 Å². The average molecular weight is 241 g/mol. The lowest BCUT2D eigenvalue weighted by molar-refractivity contribution is 1.62. The number of rotatable bonds is 0. The van der Waals surface area contributed by atoms with Gasteiger partial charge in [0.25, 0.3) is 0 Å². The van der Waals surface area contributed by atoms with E-state index < -0.39 is 0 Å². The van der Waals surface area contributed by atoms with Gasteiger partial charge >= 0.3 is 0 Å². The van der Waals surface area contributed by atoms with Crippen molar-refractivity contribution in [1.29, 1.82) is 0 Å². The molecule has 84 valence electrons. The third-order valence-electron chi connectivity index (χ3n) is 2.99. The maximum absolute atomic E-state index is 6.02. The van der Waals surface area contributed by atoms with E-state index in [2.05, 4.69) is 0 Å². The largest absolute Gasteiger partial charge is 0.399 e. The van der Waals surface area contributed by atoms with Crippen LogP contribution in [0, 0.1) is 0 Å². The summed E-state index contributed by atoms with van der Waals surface area (Å²) in [7, 11) is 0. The molecular formula is C13H11N3S. The van der Waals surface area contributed by atoms with Crippen molar-refractivity contribution in [3.8, 4) is 11.1 Å². The summed E-state index contributed by atoms with van der Waals surface area (Å²) in [5.74, 6) is 0. The molecule has 0 heterocycles. The number of nitrogen functional groups attached to an aromatic ring is 3. The van der Waals surface area contributed by atoms with Crippen LogP contribution in [-0.2, 0) is 0 Å². The lowest BCUT2D eigenvalue weighted by Gasteiger charge is -2.06. The van der Waals surface area contributed by atoms with Crippen LogP contribution in [0.5, 0.6) is 0 Å². The van der Waals surface area contributed by atoms with E-state index in [9.17, 15) is 0 Å². The van der Waals surface area contributed by atoms with E-state index in [0.717, 1.165) is 27.1 Å². The molecule has 2 aromatic rings. The zero-order valence-electron chi connectivity index (χ0n) is 9.03. The molecule has 1 aliphatic rings. The maximum atomic E-state index is 6.02. The van der Waals surface area contributed by atoms with Gasteiger partial charge in [0.15, 0.2) is 0 Å². The lowest BCUT2D eigenvalue weighted by atomic mass is 10.0. The highest BCUT2D eigenvalue weighted by Crippen LogP contribution is 2.42. The Labute approximate surface area is 104 Å². The molecule has 0 bridgehead atoms. The molecule has 0 atom stereocenters. The smallest absolute Gasteiger partial charge is 0.0536 e. The summed E-state index contributed by atoms with van der Waals surface area (Å²) in [5, 5.41) is 0. The number of nitrogens with two attached hydrogens (primary N) is 3. The summed E-state index contributed by atoms with van der Waals surface area (Å²) in [6.45, 7) is 0. The van der Waals surface area contributed by atoms with Crippen LogP contribution < -0.4 is 17.2 Å². The van der Waals surface area contributed by atoms with Crippen LogP contribution in [0.3, 0.4) is 0 Å². The Morgan fingerprint density at radius 2 is 1.47 bits per heavy atom. The van der Waals surface area contributed by atoms with E-state index in [4.69, 9.17) is 29.4 Å². The van der Waals surface area contributed by atoms with E-state index in [1.807, 2.05) is 24.3 Å². The molecule has 0 unspecified atom stereocenters. The summed E-state index contributed by atoms with van der Waals surface area (Å²) in [6, 6.07) is 9.31. The van der Waals surface area contributed by atoms with Crippen LogP contribution >= 0.6 is 12.2 Å². The second kappa shape index (κ2) is 3.21. The van der Waals surface area contributed by atoms with Crippen molar-refractivity contribution >= 4 is 34.1 Å². The van der Waals surface area contributed by atoms with Gasteiger partial charge in [0.2, 0.25) is 0 Å². The quantitative estimate of drug-likeness (QED) is 0.416. The number of benzene rings is 2. The van der Waals surface area contributed by atoms with Gasteiger partial charge in [-0.3, -0.25) is 0 Å². The number of thiocarbonyl (C=S) groups is 1. The van der Waals surface area contributed by atoms with E-state index in [1.165, 1.54) is 0 Å². The summed E-state index contributed by atoms with van der Waals surface area (Å²) in [6.07, 6.45) is 0. The minimum atomic E-state index is 0.629. The fraction of sp³-hybridized carbons (Fsp3) is 0. The molecule has 0 fully saturated rings. The molecule has 2 aromatic carbocycles. The third-order valence-corrected chi connectivity index (χ3v) is 3.43. The highest BCUT2D eigenvalue weighted by molar-refractivity contribution is 7.81. The van der Waals surface area contributed by atoms with Gasteiger partial charge in [-0.1, -0.05) is 18.3 Å². The Kier molecular flexibility index (Phi) is 1.91. The number of hydrogen-bond donors (Lipinski definition) is 3. The predicted molar refractivity (Wildman–Crippen MR) is 75.9 cm³/mol. The monoisotopic (exact) mass is 241 g/mol. The second-order valence-electron chi connectivity index (χ2n) is 4.17. The first-order chi connectivity index (χ1) is 8.08. The molecule has 0 spiro atoms. The van der Waals surface area contributed by atoms with Crippen LogP contribution in [0.15, 0.2) is 30.3 Å². The van der Waals surface area contributed by atoms with E-state index in [1.54, 1.807) is 6.07 Å². The molecule has 17 heavy (non-hydrogen) atoms. The minimum absolute atomic E-state index is 0.629. The van der Waals surface area contributed by atoms with Crippen LogP contribution in [-0.4, -0.2) is 4.86 Å². The van der Waals surface area contributed by atoms with Gasteiger partial charge in [0, 0.05) is 33.8 Å². The Morgan fingerprint density at radius 1 is 0.765 bits per heavy atom. The fourth-order valence-corrected chi connectivity index (χ4v) is 2.61. The molecular weight excluding hydrogens is 230 g/mol. The first kappa shape index (κ1) is 10.1. The first-order valence-corrected chi connectivity index (χ1v) is 5.62. The van der Waals surface area contributed by atoms with Crippen molar-refractivity contribution in [2.75, 3.05) is 17.2 Å². The summed E-state index contributed by atoms with van der Waals surface area (Å²) >= 11 is 5.44. The van der Waals surface area contributed by atoms with Gasteiger partial charge in [0.05, 0.1) is 4.86 Å². The number of hydrogen-bond acceptors (Lipinski definition) is 4. The van der Waals surface area contributed by atoms with Crippen molar-refractivity contribution in [2.45, 2.75) is 0 Å². The second-order valence-corrected chi connectivity index (χ2v) is 4.58. The van der Waals surface area contributed by atoms with Gasteiger partial charge in [-0.15, -0.1) is 0 Å². The standard InChI is InChI=1S/C13H11N3S/c14-6-1-2-8-9(3-6)13(17)10-4-7(15)5-11(16)12(8)10/h1-5H,14-16H2. The Hall–Kier alpha value is -2.07. The van der Waals surface area contributed by atoms with Crippen LogP contribution in [0.25, 0.3) is 11.1 Å². The van der Waals surface area contributed by atoms with Gasteiger partial charge in [-0.2, -0.15) is 0 Å². The molecule has 1 aliphatic carbocycles. The van der Waals surface area contributed by atoms with Crippen LogP contribution in [0.1, 0.15) is 11.1 Å². The molecule has 3 rings (SSSR count). The first-order valence-electron chi connectivity index (χ1n) is 5.21. The highest BCUT2D eigenvalue weighted by Gasteiger charge is 2.25. The van der Waals surface area contributed by atoms with Gasteiger partial charge in [-0.05, 0) is 29.8 Å². The predicted octanol–water partition coefficient (Wildman–Crippen LogP) is 2.18. The summed E-state index contributed by atoms with van der Waals surface area (Å²) in [4.78, 5) is 0.765. The molecule has 0 aliphatic heterocycles. The minimum Gasteiger partial charge on any atom is -0.399 e. The zero-order valence-corrected chi connectivity index (χ0v) is 9.84. The van der Waals surface area contributed by atoms with Crippen molar-refractivity contribution < 1.29 is 0 Å². The molecule has 4 heteroatoms. The van der Waals surface area contributed by atoms with Crippen molar-refractivity contribution in [2.24, 2.45) is 0 Å². The van der Waals surface area contributed by atoms with Crippen LogP contribution in [0.4, 0.5) is 17.1 Å². The molecule has 0 saturated heterocycles. The molecule has 3 nitrogen and oxygen atoms in total. The fourth-order valence-electron chi connectivity index (χ4n) is 2.28. The molecule has 0 amide bonds. The van der Waals surface area contributed by atoms with E-state index in [-0.39, 0.29) is 0 Å². The Bertz CT molecular complexity index is 662. The molecule has 0 radical (unpaired) electrons. The van der Waals surface area contributed by atoms with E-state index >= 15 is 0 Å². The number of anilines is 3. The SMILES string of the molecule is Nc1ccc2c(c1)C(=S)c1cc(N)cc(N)c1-2. The molecule has 0 aromatic heterocycles. The third kappa shape index (κ3) is 1.31. The lowest BCUT2D eigenvalue weighted by Crippen LogP contribution is -1.98. The number of fused-ring (bicyclic) bond motifs is 3. The van der Waals surface area contributed by atoms with Crippen molar-refractivity contribution in [3.63, 3.8) is 0 Å². The summed E-state index contributed by atoms with van der Waals surface area (Å²) < 4.78 is 0. The Balaban J connectivity index is 2.39. The van der Waals surface area contributed by atoms with Crippen LogP contribution in [0.2, 0.25) is 0 Å². The highest BCUT2D eigenvalue weighted by atomic mass is 32.1. The van der Waals surface area contributed by atoms with Crippen molar-refractivity contribution in [1.82, 2.24) is 0 Å². The van der Waals surface area contributed by atoms with Gasteiger partial charge in [0.1, 0.15) is 0 Å². The average Bonchev–Trinajstić information content (AvgIpc) is 2.53. The summed E-state index contributed by atoms with van der Waals surface area (Å²) in [5.41, 5.74) is 23.5. The normalized spacial score (nSPS) is 12.4. The molecule has 6 N–H and O–H groups in total. The Morgan fingerprint density at radius 3 is 2.24 bits per heavy atom. The van der Waals surface area contributed by atoms with E-state index in [0.29, 0.717) is 17.1 Å². The van der Waals surface area contributed by atoms with Gasteiger partial charge in [-0.25, -0.2) is 0 Å². The zero-order chi connectivity index (χ0) is 12.2.